The molecule has 1 amide bonds. The summed E-state index contributed by atoms with van der Waals surface area (Å²) in [7, 11) is 0. The van der Waals surface area contributed by atoms with E-state index in [1.807, 2.05) is 48.5 Å². The highest BCUT2D eigenvalue weighted by Gasteiger charge is 2.30. The Balaban J connectivity index is 1.33. The minimum Gasteiger partial charge on any atom is -0.487 e. The van der Waals surface area contributed by atoms with E-state index in [9.17, 15) is 9.90 Å². The Bertz CT molecular complexity index is 1330. The van der Waals surface area contributed by atoms with Crippen LogP contribution < -0.4 is 10.1 Å². The second-order valence-electron chi connectivity index (χ2n) is 10.5. The summed E-state index contributed by atoms with van der Waals surface area (Å²) in [6, 6.07) is 17.3. The van der Waals surface area contributed by atoms with Gasteiger partial charge in [-0.2, -0.15) is 0 Å². The van der Waals surface area contributed by atoms with Crippen LogP contribution in [-0.2, 0) is 23.5 Å². The van der Waals surface area contributed by atoms with Crippen LogP contribution in [0.2, 0.25) is 5.02 Å². The van der Waals surface area contributed by atoms with Gasteiger partial charge in [0, 0.05) is 35.4 Å². The molecule has 1 aromatic heterocycles. The van der Waals surface area contributed by atoms with Gasteiger partial charge in [-0.25, -0.2) is 0 Å². The zero-order chi connectivity index (χ0) is 26.7. The van der Waals surface area contributed by atoms with Crippen molar-refractivity contribution in [2.45, 2.75) is 57.9 Å². The molecule has 0 aliphatic carbocycles. The number of aliphatic hydroxyl groups is 1. The van der Waals surface area contributed by atoms with E-state index in [1.165, 1.54) is 0 Å². The number of rotatable bonds is 7. The van der Waals surface area contributed by atoms with Crippen LogP contribution in [0.15, 0.2) is 66.9 Å². The Morgan fingerprint density at radius 1 is 1.21 bits per heavy atom. The molecule has 5 rings (SSSR count). The van der Waals surface area contributed by atoms with Gasteiger partial charge in [-0.15, -0.1) is 0 Å². The molecule has 0 bridgehead atoms. The fourth-order valence-electron chi connectivity index (χ4n) is 5.23. The number of benzene rings is 2. The second-order valence-corrected chi connectivity index (χ2v) is 10.9. The molecular formula is C31H34ClN3O3. The van der Waals surface area contributed by atoms with Gasteiger partial charge < -0.3 is 15.2 Å². The number of halogens is 1. The highest BCUT2D eigenvalue weighted by Crippen LogP contribution is 2.38. The number of ether oxygens (including phenoxy) is 1. The number of nitrogens with zero attached hydrogens (tertiary/aromatic N) is 2. The van der Waals surface area contributed by atoms with E-state index in [2.05, 4.69) is 27.3 Å². The summed E-state index contributed by atoms with van der Waals surface area (Å²) in [5.41, 5.74) is 4.83. The highest BCUT2D eigenvalue weighted by atomic mass is 35.5. The van der Waals surface area contributed by atoms with Crippen LogP contribution in [-0.4, -0.2) is 40.0 Å². The molecule has 2 aliphatic heterocycles. The molecule has 1 unspecified atom stereocenters. The van der Waals surface area contributed by atoms with Crippen molar-refractivity contribution in [3.63, 3.8) is 0 Å². The minimum absolute atomic E-state index is 0.0719. The Morgan fingerprint density at radius 2 is 2.03 bits per heavy atom. The summed E-state index contributed by atoms with van der Waals surface area (Å²) in [6.45, 7) is 6.15. The van der Waals surface area contributed by atoms with E-state index in [0.29, 0.717) is 18.2 Å². The van der Waals surface area contributed by atoms with Gasteiger partial charge in [0.2, 0.25) is 5.91 Å². The van der Waals surface area contributed by atoms with Crippen LogP contribution in [0.5, 0.6) is 5.75 Å². The van der Waals surface area contributed by atoms with Crippen molar-refractivity contribution < 1.29 is 14.6 Å². The Hall–Kier alpha value is -3.19. The van der Waals surface area contributed by atoms with Gasteiger partial charge >= 0.3 is 0 Å². The van der Waals surface area contributed by atoms with Crippen LogP contribution in [0.25, 0.3) is 5.57 Å². The van der Waals surface area contributed by atoms with Gasteiger partial charge in [-0.1, -0.05) is 41.9 Å². The molecule has 3 heterocycles. The lowest BCUT2D eigenvalue weighted by Gasteiger charge is -2.23. The van der Waals surface area contributed by atoms with E-state index < -0.39 is 5.60 Å². The Morgan fingerprint density at radius 3 is 2.82 bits per heavy atom. The summed E-state index contributed by atoms with van der Waals surface area (Å²) < 4.78 is 6.12. The molecule has 38 heavy (non-hydrogen) atoms. The summed E-state index contributed by atoms with van der Waals surface area (Å²) >= 11 is 5.97. The first-order valence-corrected chi connectivity index (χ1v) is 13.6. The van der Waals surface area contributed by atoms with Crippen molar-refractivity contribution in [2.75, 3.05) is 13.1 Å². The highest BCUT2D eigenvalue weighted by molar-refractivity contribution is 6.30. The average molecular weight is 532 g/mol. The van der Waals surface area contributed by atoms with Crippen LogP contribution >= 0.6 is 11.6 Å². The molecule has 1 atom stereocenters. The summed E-state index contributed by atoms with van der Waals surface area (Å²) in [6.07, 6.45) is 6.66. The molecule has 0 radical (unpaired) electrons. The fourth-order valence-corrected chi connectivity index (χ4v) is 5.36. The van der Waals surface area contributed by atoms with Crippen molar-refractivity contribution in [1.29, 1.82) is 0 Å². The van der Waals surface area contributed by atoms with Crippen molar-refractivity contribution in [3.05, 3.63) is 99.8 Å². The van der Waals surface area contributed by atoms with Gasteiger partial charge in [-0.3, -0.25) is 14.7 Å². The molecule has 2 aliphatic rings. The molecule has 2 N–H and O–H groups in total. The first-order chi connectivity index (χ1) is 18.3. The largest absolute Gasteiger partial charge is 0.487 e. The first kappa shape index (κ1) is 26.4. The molecule has 198 valence electrons. The molecule has 6 nitrogen and oxygen atoms in total. The van der Waals surface area contributed by atoms with E-state index in [4.69, 9.17) is 16.3 Å². The number of nitrogens with one attached hydrogen (secondary N) is 1. The normalized spacial score (nSPS) is 18.4. The molecule has 0 saturated carbocycles. The van der Waals surface area contributed by atoms with Gasteiger partial charge in [0.05, 0.1) is 17.3 Å². The summed E-state index contributed by atoms with van der Waals surface area (Å²) in [5.74, 6) is 0.852. The topological polar surface area (TPSA) is 74.7 Å². The van der Waals surface area contributed by atoms with E-state index in [0.717, 1.165) is 71.6 Å². The number of hydrogen-bond donors (Lipinski definition) is 2. The number of carbonyl (C=O) groups is 1. The van der Waals surface area contributed by atoms with Crippen molar-refractivity contribution in [1.82, 2.24) is 15.2 Å². The van der Waals surface area contributed by atoms with Crippen LogP contribution in [0.4, 0.5) is 0 Å². The predicted molar refractivity (Wildman–Crippen MR) is 150 cm³/mol. The molecule has 3 aromatic rings. The predicted octanol–water partition coefficient (Wildman–Crippen LogP) is 5.46. The zero-order valence-corrected chi connectivity index (χ0v) is 22.7. The van der Waals surface area contributed by atoms with Gasteiger partial charge in [0.25, 0.3) is 0 Å². The molecule has 2 aromatic carbocycles. The van der Waals surface area contributed by atoms with Crippen LogP contribution in [0, 0.1) is 0 Å². The van der Waals surface area contributed by atoms with Gasteiger partial charge in [-0.05, 0) is 86.7 Å². The number of carbonyl (C=O) groups excluding carboxylic acids is 1. The zero-order valence-electron chi connectivity index (χ0n) is 21.9. The van der Waals surface area contributed by atoms with Crippen LogP contribution in [0.3, 0.4) is 0 Å². The number of aromatic nitrogens is 1. The third-order valence-electron chi connectivity index (χ3n) is 7.33. The maximum absolute atomic E-state index is 13.0. The van der Waals surface area contributed by atoms with E-state index >= 15 is 0 Å². The number of hydrogen-bond acceptors (Lipinski definition) is 5. The van der Waals surface area contributed by atoms with Crippen molar-refractivity contribution in [3.8, 4) is 5.75 Å². The van der Waals surface area contributed by atoms with Crippen LogP contribution in [0.1, 0.15) is 61.1 Å². The Labute approximate surface area is 229 Å². The van der Waals surface area contributed by atoms with Crippen molar-refractivity contribution >= 4 is 23.1 Å². The first-order valence-electron chi connectivity index (χ1n) is 13.2. The molecule has 0 spiro atoms. The SMILES string of the molecule is CC(C)(O)c1ccc2c(c1)C(=CCCN1CCCC1C(=O)NCc1ccc(Cl)cc1)c1cccnc1CO2. The average Bonchev–Trinajstić information content (AvgIpc) is 3.31. The lowest BCUT2D eigenvalue weighted by Crippen LogP contribution is -2.43. The molecule has 1 fully saturated rings. The molecule has 7 heteroatoms. The van der Waals surface area contributed by atoms with Crippen molar-refractivity contribution in [2.24, 2.45) is 0 Å². The smallest absolute Gasteiger partial charge is 0.237 e. The van der Waals surface area contributed by atoms with E-state index in [-0.39, 0.29) is 11.9 Å². The number of fused-ring (bicyclic) bond motifs is 2. The third-order valence-corrected chi connectivity index (χ3v) is 7.58. The quantitative estimate of drug-likeness (QED) is 0.423. The van der Waals surface area contributed by atoms with Gasteiger partial charge in [0.1, 0.15) is 12.4 Å². The standard InChI is InChI=1S/C31H34ClN3O3/c1-31(2,37)22-11-14-29-26(18-22)24(25-6-3-15-33-27(25)20-38-29)7-4-16-35-17-5-8-28(35)30(36)34-19-21-9-12-23(32)13-10-21/h3,6-7,9-15,18,28,37H,4-5,8,16-17,19-20H2,1-2H3,(H,34,36). The minimum atomic E-state index is -0.966. The third kappa shape index (κ3) is 5.93. The summed E-state index contributed by atoms with van der Waals surface area (Å²) in [5, 5.41) is 14.4. The molecule has 1 saturated heterocycles. The monoisotopic (exact) mass is 531 g/mol. The maximum atomic E-state index is 13.0. The molecular weight excluding hydrogens is 498 g/mol. The lowest BCUT2D eigenvalue weighted by atomic mass is 9.90. The Kier molecular flexibility index (Phi) is 7.84. The number of likely N-dealkylation sites (tertiary alicyclic amines) is 1. The lowest BCUT2D eigenvalue weighted by molar-refractivity contribution is -0.125. The summed E-state index contributed by atoms with van der Waals surface area (Å²) in [4.78, 5) is 19.9. The fraction of sp³-hybridized carbons (Fsp3) is 0.355. The number of pyridine rings is 1. The maximum Gasteiger partial charge on any atom is 0.237 e. The van der Waals surface area contributed by atoms with E-state index in [1.54, 1.807) is 20.0 Å². The second kappa shape index (κ2) is 11.3. The van der Waals surface area contributed by atoms with Gasteiger partial charge in [0.15, 0.2) is 0 Å². The number of amides is 1.